The van der Waals surface area contributed by atoms with E-state index in [2.05, 4.69) is 5.32 Å². The lowest BCUT2D eigenvalue weighted by atomic mass is 10.0. The van der Waals surface area contributed by atoms with Crippen LogP contribution in [0, 0.1) is 5.92 Å². The van der Waals surface area contributed by atoms with Crippen molar-refractivity contribution in [2.24, 2.45) is 5.92 Å². The molecule has 0 saturated carbocycles. The van der Waals surface area contributed by atoms with Gasteiger partial charge in [-0.15, -0.1) is 0 Å². The number of amides is 1. The van der Waals surface area contributed by atoms with Gasteiger partial charge in [0, 0.05) is 25.8 Å². The molecular formula is C15H21NO2. The van der Waals surface area contributed by atoms with Gasteiger partial charge in [0.2, 0.25) is 5.91 Å². The molecule has 3 heteroatoms. The van der Waals surface area contributed by atoms with Crippen LogP contribution in [0.3, 0.4) is 0 Å². The first-order valence-electron chi connectivity index (χ1n) is 6.54. The van der Waals surface area contributed by atoms with E-state index in [1.165, 1.54) is 11.1 Å². The zero-order valence-corrected chi connectivity index (χ0v) is 11.1. The molecule has 0 spiro atoms. The van der Waals surface area contributed by atoms with Crippen molar-refractivity contribution in [2.75, 3.05) is 6.54 Å². The maximum absolute atomic E-state index is 11.6. The molecule has 1 aliphatic rings. The van der Waals surface area contributed by atoms with Crippen LogP contribution in [0.4, 0.5) is 0 Å². The predicted octanol–water partition coefficient (Wildman–Crippen LogP) is 1.68. The van der Waals surface area contributed by atoms with Crippen LogP contribution in [0.2, 0.25) is 0 Å². The largest absolute Gasteiger partial charge is 0.387 e. The number of fused-ring (bicyclic) bond motifs is 1. The third-order valence-corrected chi connectivity index (χ3v) is 3.37. The van der Waals surface area contributed by atoms with E-state index >= 15 is 0 Å². The Bertz CT molecular complexity index is 415. The molecule has 2 rings (SSSR count). The SMILES string of the molecule is CC(C)CC(=O)NCC1(O)Cc2ccccc2C1. The number of carbonyl (C=O) groups excluding carboxylic acids is 1. The molecule has 0 aliphatic heterocycles. The fourth-order valence-corrected chi connectivity index (χ4v) is 2.50. The smallest absolute Gasteiger partial charge is 0.220 e. The van der Waals surface area contributed by atoms with E-state index in [1.54, 1.807) is 0 Å². The quantitative estimate of drug-likeness (QED) is 0.850. The van der Waals surface area contributed by atoms with Crippen molar-refractivity contribution in [3.63, 3.8) is 0 Å². The van der Waals surface area contributed by atoms with Crippen LogP contribution in [-0.2, 0) is 17.6 Å². The summed E-state index contributed by atoms with van der Waals surface area (Å²) in [6.45, 7) is 4.37. The molecule has 0 heterocycles. The molecule has 1 aromatic rings. The van der Waals surface area contributed by atoms with Crippen LogP contribution in [0.15, 0.2) is 24.3 Å². The molecule has 0 radical (unpaired) electrons. The van der Waals surface area contributed by atoms with Gasteiger partial charge in [0.05, 0.1) is 5.60 Å². The lowest BCUT2D eigenvalue weighted by Gasteiger charge is -2.22. The summed E-state index contributed by atoms with van der Waals surface area (Å²) in [7, 11) is 0. The molecule has 2 N–H and O–H groups in total. The average molecular weight is 247 g/mol. The molecule has 0 aromatic heterocycles. The lowest BCUT2D eigenvalue weighted by molar-refractivity contribution is -0.123. The Labute approximate surface area is 108 Å². The Morgan fingerprint density at radius 1 is 1.33 bits per heavy atom. The first-order valence-corrected chi connectivity index (χ1v) is 6.54. The summed E-state index contributed by atoms with van der Waals surface area (Å²) >= 11 is 0. The summed E-state index contributed by atoms with van der Waals surface area (Å²) in [6.07, 6.45) is 1.78. The second-order valence-electron chi connectivity index (χ2n) is 5.72. The predicted molar refractivity (Wildman–Crippen MR) is 71.3 cm³/mol. The molecule has 0 fully saturated rings. The van der Waals surface area contributed by atoms with E-state index in [0.717, 1.165) is 0 Å². The van der Waals surface area contributed by atoms with Gasteiger partial charge in [-0.2, -0.15) is 0 Å². The summed E-state index contributed by atoms with van der Waals surface area (Å²) in [4.78, 5) is 11.6. The molecular weight excluding hydrogens is 226 g/mol. The van der Waals surface area contributed by atoms with E-state index < -0.39 is 5.60 Å². The van der Waals surface area contributed by atoms with Crippen LogP contribution in [0.1, 0.15) is 31.4 Å². The van der Waals surface area contributed by atoms with Gasteiger partial charge in [-0.3, -0.25) is 4.79 Å². The Morgan fingerprint density at radius 3 is 2.39 bits per heavy atom. The number of carbonyl (C=O) groups is 1. The minimum atomic E-state index is -0.809. The number of hydrogen-bond acceptors (Lipinski definition) is 2. The molecule has 1 aliphatic carbocycles. The molecule has 0 unspecified atom stereocenters. The number of nitrogens with one attached hydrogen (secondary N) is 1. The first-order chi connectivity index (χ1) is 8.48. The molecule has 0 saturated heterocycles. The highest BCUT2D eigenvalue weighted by molar-refractivity contribution is 5.76. The van der Waals surface area contributed by atoms with Crippen molar-refractivity contribution in [1.82, 2.24) is 5.32 Å². The van der Waals surface area contributed by atoms with Gasteiger partial charge >= 0.3 is 0 Å². The van der Waals surface area contributed by atoms with Crippen molar-refractivity contribution in [3.8, 4) is 0 Å². The van der Waals surface area contributed by atoms with Gasteiger partial charge in [-0.25, -0.2) is 0 Å². The molecule has 98 valence electrons. The highest BCUT2D eigenvalue weighted by Crippen LogP contribution is 2.29. The first kappa shape index (κ1) is 13.1. The van der Waals surface area contributed by atoms with E-state index in [9.17, 15) is 9.90 Å². The maximum Gasteiger partial charge on any atom is 0.220 e. The normalized spacial score (nSPS) is 16.7. The van der Waals surface area contributed by atoms with Gasteiger partial charge in [0.1, 0.15) is 0 Å². The minimum Gasteiger partial charge on any atom is -0.387 e. The number of hydrogen-bond donors (Lipinski definition) is 2. The third-order valence-electron chi connectivity index (χ3n) is 3.37. The Morgan fingerprint density at radius 2 is 1.89 bits per heavy atom. The average Bonchev–Trinajstić information content (AvgIpc) is 2.62. The zero-order valence-electron chi connectivity index (χ0n) is 11.1. The van der Waals surface area contributed by atoms with E-state index in [4.69, 9.17) is 0 Å². The van der Waals surface area contributed by atoms with Crippen LogP contribution in [0.25, 0.3) is 0 Å². The molecule has 18 heavy (non-hydrogen) atoms. The standard InChI is InChI=1S/C15H21NO2/c1-11(2)7-14(17)16-10-15(18)8-12-5-3-4-6-13(12)9-15/h3-6,11,18H,7-10H2,1-2H3,(H,16,17). The fourth-order valence-electron chi connectivity index (χ4n) is 2.50. The van der Waals surface area contributed by atoms with Crippen molar-refractivity contribution in [3.05, 3.63) is 35.4 Å². The fraction of sp³-hybridized carbons (Fsp3) is 0.533. The van der Waals surface area contributed by atoms with E-state index in [0.29, 0.717) is 31.7 Å². The van der Waals surface area contributed by atoms with Gasteiger partial charge < -0.3 is 10.4 Å². The lowest BCUT2D eigenvalue weighted by Crippen LogP contribution is -2.43. The number of aliphatic hydroxyl groups is 1. The van der Waals surface area contributed by atoms with Gasteiger partial charge in [-0.1, -0.05) is 38.1 Å². The summed E-state index contributed by atoms with van der Waals surface area (Å²) in [5.41, 5.74) is 1.58. The second kappa shape index (κ2) is 5.11. The van der Waals surface area contributed by atoms with Crippen LogP contribution < -0.4 is 5.32 Å². The Hall–Kier alpha value is -1.35. The highest BCUT2D eigenvalue weighted by atomic mass is 16.3. The van der Waals surface area contributed by atoms with Gasteiger partial charge in [0.25, 0.3) is 0 Å². The Kier molecular flexibility index (Phi) is 3.71. The van der Waals surface area contributed by atoms with Crippen molar-refractivity contribution >= 4 is 5.91 Å². The molecule has 0 atom stereocenters. The third kappa shape index (κ3) is 3.10. The minimum absolute atomic E-state index is 0.0226. The highest BCUT2D eigenvalue weighted by Gasteiger charge is 2.35. The van der Waals surface area contributed by atoms with E-state index in [-0.39, 0.29) is 5.91 Å². The Balaban J connectivity index is 1.90. The zero-order chi connectivity index (χ0) is 13.2. The topological polar surface area (TPSA) is 49.3 Å². The monoisotopic (exact) mass is 247 g/mol. The summed E-state index contributed by atoms with van der Waals surface area (Å²) in [6, 6.07) is 8.07. The van der Waals surface area contributed by atoms with E-state index in [1.807, 2.05) is 38.1 Å². The van der Waals surface area contributed by atoms with Gasteiger partial charge in [0.15, 0.2) is 0 Å². The summed E-state index contributed by atoms with van der Waals surface area (Å²) < 4.78 is 0. The number of benzene rings is 1. The van der Waals surface area contributed by atoms with Crippen molar-refractivity contribution in [1.29, 1.82) is 0 Å². The van der Waals surface area contributed by atoms with Crippen molar-refractivity contribution in [2.45, 2.75) is 38.7 Å². The van der Waals surface area contributed by atoms with Gasteiger partial charge in [-0.05, 0) is 17.0 Å². The summed E-state index contributed by atoms with van der Waals surface area (Å²) in [5.74, 6) is 0.370. The maximum atomic E-state index is 11.6. The van der Waals surface area contributed by atoms with Crippen LogP contribution in [-0.4, -0.2) is 23.2 Å². The molecule has 1 aromatic carbocycles. The van der Waals surface area contributed by atoms with Crippen LogP contribution in [0.5, 0.6) is 0 Å². The van der Waals surface area contributed by atoms with Crippen LogP contribution >= 0.6 is 0 Å². The molecule has 0 bridgehead atoms. The molecule has 3 nitrogen and oxygen atoms in total. The number of rotatable bonds is 4. The molecule has 1 amide bonds. The van der Waals surface area contributed by atoms with Crippen molar-refractivity contribution < 1.29 is 9.90 Å². The second-order valence-corrected chi connectivity index (χ2v) is 5.72. The summed E-state index contributed by atoms with van der Waals surface area (Å²) in [5, 5.41) is 13.3.